The van der Waals surface area contributed by atoms with Gasteiger partial charge in [-0.25, -0.2) is 0 Å². The van der Waals surface area contributed by atoms with Gasteiger partial charge in [-0.2, -0.15) is 0 Å². The lowest BCUT2D eigenvalue weighted by Gasteiger charge is -2.39. The van der Waals surface area contributed by atoms with Gasteiger partial charge >= 0.3 is 0 Å². The number of ether oxygens (including phenoxy) is 1. The summed E-state index contributed by atoms with van der Waals surface area (Å²) in [5.41, 5.74) is 12.2. The van der Waals surface area contributed by atoms with Crippen LogP contribution in [0.25, 0.3) is 60.6 Å². The van der Waals surface area contributed by atoms with E-state index in [0.29, 0.717) is 0 Å². The number of para-hydroxylation sites is 3. The van der Waals surface area contributed by atoms with E-state index in [1.54, 1.807) is 0 Å². The van der Waals surface area contributed by atoms with Crippen molar-refractivity contribution < 1.29 is 9.15 Å². The molecule has 0 N–H and O–H groups in total. The number of furan rings is 1. The van der Waals surface area contributed by atoms with Crippen LogP contribution in [0.3, 0.4) is 0 Å². The van der Waals surface area contributed by atoms with Gasteiger partial charge < -0.3 is 13.7 Å². The zero-order valence-corrected chi connectivity index (χ0v) is 24.7. The van der Waals surface area contributed by atoms with Gasteiger partial charge in [-0.05, 0) is 64.7 Å². The van der Waals surface area contributed by atoms with Gasteiger partial charge in [0.2, 0.25) is 0 Å². The van der Waals surface area contributed by atoms with Gasteiger partial charge in [-0.1, -0.05) is 109 Å². The van der Waals surface area contributed by atoms with Crippen molar-refractivity contribution in [3.63, 3.8) is 0 Å². The third-order valence-electron chi connectivity index (χ3n) is 10.3. The fourth-order valence-corrected chi connectivity index (χ4v) is 8.50. The summed E-state index contributed by atoms with van der Waals surface area (Å²) in [7, 11) is 0. The van der Waals surface area contributed by atoms with Crippen LogP contribution in [0.15, 0.2) is 156 Å². The third kappa shape index (κ3) is 2.84. The summed E-state index contributed by atoms with van der Waals surface area (Å²) in [4.78, 5) is 0. The molecule has 0 amide bonds. The van der Waals surface area contributed by atoms with Crippen molar-refractivity contribution in [2.75, 3.05) is 0 Å². The second-order valence-corrected chi connectivity index (χ2v) is 12.4. The summed E-state index contributed by atoms with van der Waals surface area (Å²) in [6, 6.07) is 54.5. The molecule has 1 spiro atoms. The number of benzene rings is 7. The van der Waals surface area contributed by atoms with E-state index in [0.717, 1.165) is 55.5 Å². The number of hydrogen-bond donors (Lipinski definition) is 0. The molecule has 0 radical (unpaired) electrons. The van der Waals surface area contributed by atoms with E-state index in [1.165, 1.54) is 38.8 Å². The van der Waals surface area contributed by atoms with Gasteiger partial charge in [0, 0.05) is 33.0 Å². The average molecular weight is 588 g/mol. The first kappa shape index (κ1) is 24.3. The number of aromatic nitrogens is 1. The molecule has 0 fully saturated rings. The molecule has 3 heteroatoms. The molecule has 3 nitrogen and oxygen atoms in total. The van der Waals surface area contributed by atoms with Gasteiger partial charge in [-0.15, -0.1) is 0 Å². The van der Waals surface area contributed by atoms with Crippen LogP contribution in [-0.4, -0.2) is 4.57 Å². The number of nitrogens with zero attached hydrogens (tertiary/aromatic N) is 1. The molecular formula is C43H25NO2. The maximum Gasteiger partial charge on any atom is 0.142 e. The van der Waals surface area contributed by atoms with Crippen LogP contribution in [0.1, 0.15) is 22.3 Å². The second-order valence-electron chi connectivity index (χ2n) is 12.4. The largest absolute Gasteiger partial charge is 0.456 e. The fraction of sp³-hybridized carbons (Fsp3) is 0.0233. The summed E-state index contributed by atoms with van der Waals surface area (Å²) in [5.74, 6) is 1.82. The van der Waals surface area contributed by atoms with E-state index in [1.807, 2.05) is 12.1 Å². The Morgan fingerprint density at radius 2 is 1.11 bits per heavy atom. The first-order valence-electron chi connectivity index (χ1n) is 15.8. The van der Waals surface area contributed by atoms with E-state index in [2.05, 4.69) is 144 Å². The van der Waals surface area contributed by atoms with Crippen LogP contribution >= 0.6 is 0 Å². The predicted molar refractivity (Wildman–Crippen MR) is 185 cm³/mol. The molecule has 7 aromatic carbocycles. The highest BCUT2D eigenvalue weighted by Crippen LogP contribution is 2.63. The molecule has 0 unspecified atom stereocenters. The lowest BCUT2D eigenvalue weighted by atomic mass is 9.66. The molecule has 3 heterocycles. The van der Waals surface area contributed by atoms with Crippen molar-refractivity contribution in [3.8, 4) is 28.3 Å². The molecule has 9 aromatic rings. The summed E-state index contributed by atoms with van der Waals surface area (Å²) < 4.78 is 15.6. The molecule has 2 aliphatic rings. The molecular weight excluding hydrogens is 562 g/mol. The molecule has 1 aliphatic heterocycles. The van der Waals surface area contributed by atoms with E-state index in [4.69, 9.17) is 9.15 Å². The predicted octanol–water partition coefficient (Wildman–Crippen LogP) is 11.2. The molecule has 0 saturated heterocycles. The smallest absolute Gasteiger partial charge is 0.142 e. The van der Waals surface area contributed by atoms with Crippen molar-refractivity contribution in [1.29, 1.82) is 0 Å². The highest BCUT2D eigenvalue weighted by atomic mass is 16.5. The van der Waals surface area contributed by atoms with Gasteiger partial charge in [0.25, 0.3) is 0 Å². The Balaban J connectivity index is 1.27. The Labute approximate surface area is 264 Å². The quantitative estimate of drug-likeness (QED) is 0.191. The molecule has 0 bridgehead atoms. The first-order valence-corrected chi connectivity index (χ1v) is 15.8. The van der Waals surface area contributed by atoms with Crippen LogP contribution in [-0.2, 0) is 5.41 Å². The monoisotopic (exact) mass is 587 g/mol. The minimum absolute atomic E-state index is 0.497. The Bertz CT molecular complexity index is 2700. The number of fused-ring (bicyclic) bond motifs is 16. The fourth-order valence-electron chi connectivity index (χ4n) is 8.50. The number of rotatable bonds is 1. The molecule has 1 aliphatic carbocycles. The topological polar surface area (TPSA) is 27.3 Å². The summed E-state index contributed by atoms with van der Waals surface area (Å²) in [6.45, 7) is 0. The van der Waals surface area contributed by atoms with E-state index in [-0.39, 0.29) is 0 Å². The molecule has 46 heavy (non-hydrogen) atoms. The van der Waals surface area contributed by atoms with Gasteiger partial charge in [-0.3, -0.25) is 0 Å². The van der Waals surface area contributed by atoms with Crippen LogP contribution in [0.2, 0.25) is 0 Å². The highest BCUT2D eigenvalue weighted by Gasteiger charge is 2.51. The van der Waals surface area contributed by atoms with Crippen molar-refractivity contribution in [2.45, 2.75) is 5.41 Å². The maximum atomic E-state index is 7.05. The van der Waals surface area contributed by atoms with Gasteiger partial charge in [0.1, 0.15) is 22.7 Å². The van der Waals surface area contributed by atoms with E-state index >= 15 is 0 Å². The second kappa shape index (κ2) is 8.56. The Morgan fingerprint density at radius 3 is 1.93 bits per heavy atom. The van der Waals surface area contributed by atoms with Crippen molar-refractivity contribution in [1.82, 2.24) is 4.57 Å². The van der Waals surface area contributed by atoms with Crippen molar-refractivity contribution >= 4 is 43.7 Å². The minimum atomic E-state index is -0.497. The first-order chi connectivity index (χ1) is 22.8. The van der Waals surface area contributed by atoms with Crippen molar-refractivity contribution in [2.24, 2.45) is 0 Å². The third-order valence-corrected chi connectivity index (χ3v) is 10.3. The standard InChI is InChI=1S/C43H25NO2/c1-5-15-32-27(11-1)28-12-2-6-16-33(28)43(32)34-17-7-10-20-40(34)46-42-35(43)22-23-37-41(42)30-14-3-8-18-36(30)44(37)26-21-24-39-31(25-26)29-13-4-9-19-38(29)45-39/h1-25H. The molecule has 11 rings (SSSR count). The lowest BCUT2D eigenvalue weighted by molar-refractivity contribution is 0.442. The Kier molecular flexibility index (Phi) is 4.52. The van der Waals surface area contributed by atoms with Crippen LogP contribution in [0.4, 0.5) is 0 Å². The highest BCUT2D eigenvalue weighted by molar-refractivity contribution is 6.14. The Hall–Kier alpha value is -6.06. The maximum absolute atomic E-state index is 7.05. The van der Waals surface area contributed by atoms with E-state index in [9.17, 15) is 0 Å². The lowest BCUT2D eigenvalue weighted by Crippen LogP contribution is -2.32. The summed E-state index contributed by atoms with van der Waals surface area (Å²) in [6.07, 6.45) is 0. The van der Waals surface area contributed by atoms with Crippen LogP contribution in [0.5, 0.6) is 11.5 Å². The number of hydrogen-bond acceptors (Lipinski definition) is 2. The van der Waals surface area contributed by atoms with E-state index < -0.39 is 5.41 Å². The molecule has 0 atom stereocenters. The average Bonchev–Trinajstić information content (AvgIpc) is 3.75. The molecule has 0 saturated carbocycles. The van der Waals surface area contributed by atoms with Gasteiger partial charge in [0.15, 0.2) is 0 Å². The zero-order chi connectivity index (χ0) is 30.0. The molecule has 214 valence electrons. The summed E-state index contributed by atoms with van der Waals surface area (Å²) in [5, 5.41) is 4.53. The Morgan fingerprint density at radius 1 is 0.457 bits per heavy atom. The van der Waals surface area contributed by atoms with Gasteiger partial charge in [0.05, 0.1) is 21.8 Å². The molecule has 2 aromatic heterocycles. The van der Waals surface area contributed by atoms with Crippen LogP contribution < -0.4 is 4.74 Å². The summed E-state index contributed by atoms with van der Waals surface area (Å²) >= 11 is 0. The van der Waals surface area contributed by atoms with Crippen LogP contribution in [0, 0.1) is 0 Å². The normalized spacial score (nSPS) is 14.0. The minimum Gasteiger partial charge on any atom is -0.456 e. The SMILES string of the molecule is c1ccc2c(c1)Oc1c(ccc3c1c1ccccc1n3-c1ccc3oc4ccccc4c3c1)C21c2ccccc2-c2ccccc21. The van der Waals surface area contributed by atoms with Crippen molar-refractivity contribution in [3.05, 3.63) is 174 Å². The zero-order valence-electron chi connectivity index (χ0n) is 24.7.